The average molecular weight is 456 g/mol. The average Bonchev–Trinajstić information content (AvgIpc) is 3.37. The van der Waals surface area contributed by atoms with Crippen LogP contribution in [0.25, 0.3) is 6.08 Å². The number of methoxy groups -OCH3 is 2. The van der Waals surface area contributed by atoms with E-state index in [1.54, 1.807) is 42.5 Å². The standard InChI is InChI=1S/C22H20N2O7S/c1-28-15-9-14(10-16(11-15)29-2)20(25)23-5-6-24-21(26)19(32-22(24)27)8-13-3-4-17-18(7-13)31-12-30-17/h3-4,7-11H,5-6,12H2,1-2H3,(H,23,25)/b19-8-. The van der Waals surface area contributed by atoms with Crippen molar-refractivity contribution in [1.82, 2.24) is 10.2 Å². The van der Waals surface area contributed by atoms with Crippen molar-refractivity contribution in [1.29, 1.82) is 0 Å². The fraction of sp³-hybridized carbons (Fsp3) is 0.227. The van der Waals surface area contributed by atoms with Gasteiger partial charge in [0.25, 0.3) is 17.1 Å². The van der Waals surface area contributed by atoms with Crippen molar-refractivity contribution in [2.45, 2.75) is 0 Å². The normalized spacial score (nSPS) is 15.9. The maximum Gasteiger partial charge on any atom is 0.293 e. The first-order chi connectivity index (χ1) is 15.5. The fourth-order valence-electron chi connectivity index (χ4n) is 3.17. The van der Waals surface area contributed by atoms with E-state index in [1.807, 2.05) is 0 Å². The highest BCUT2D eigenvalue weighted by molar-refractivity contribution is 8.18. The molecular weight excluding hydrogens is 436 g/mol. The van der Waals surface area contributed by atoms with E-state index < -0.39 is 5.91 Å². The smallest absolute Gasteiger partial charge is 0.293 e. The molecule has 0 saturated carbocycles. The Hall–Kier alpha value is -3.66. The van der Waals surface area contributed by atoms with Crippen LogP contribution >= 0.6 is 11.8 Å². The molecule has 166 valence electrons. The maximum atomic E-state index is 12.7. The zero-order chi connectivity index (χ0) is 22.7. The summed E-state index contributed by atoms with van der Waals surface area (Å²) in [6, 6.07) is 10.1. The van der Waals surface area contributed by atoms with Crippen molar-refractivity contribution in [3.8, 4) is 23.0 Å². The van der Waals surface area contributed by atoms with Gasteiger partial charge in [0, 0.05) is 24.7 Å². The van der Waals surface area contributed by atoms with Gasteiger partial charge in [-0.15, -0.1) is 0 Å². The molecule has 1 N–H and O–H groups in total. The van der Waals surface area contributed by atoms with Crippen LogP contribution in [0, 0.1) is 0 Å². The van der Waals surface area contributed by atoms with Gasteiger partial charge >= 0.3 is 0 Å². The summed E-state index contributed by atoms with van der Waals surface area (Å²) in [7, 11) is 2.99. The monoisotopic (exact) mass is 456 g/mol. The van der Waals surface area contributed by atoms with Gasteiger partial charge in [0.2, 0.25) is 6.79 Å². The van der Waals surface area contributed by atoms with E-state index in [1.165, 1.54) is 14.2 Å². The molecular formula is C22H20N2O7S. The molecule has 2 aliphatic heterocycles. The van der Waals surface area contributed by atoms with Gasteiger partial charge in [-0.25, -0.2) is 0 Å². The molecule has 0 aromatic heterocycles. The molecule has 1 saturated heterocycles. The third-order valence-corrected chi connectivity index (χ3v) is 5.71. The van der Waals surface area contributed by atoms with Crippen LogP contribution in [0.5, 0.6) is 23.0 Å². The number of imide groups is 1. The Labute approximate surface area is 188 Å². The number of hydrogen-bond acceptors (Lipinski definition) is 8. The Morgan fingerprint density at radius 3 is 2.53 bits per heavy atom. The van der Waals surface area contributed by atoms with Crippen LogP contribution < -0.4 is 24.3 Å². The molecule has 0 unspecified atom stereocenters. The minimum absolute atomic E-state index is 0.0516. The lowest BCUT2D eigenvalue weighted by atomic mass is 10.2. The van der Waals surface area contributed by atoms with Gasteiger partial charge in [-0.05, 0) is 47.7 Å². The molecule has 0 bridgehead atoms. The second-order valence-corrected chi connectivity index (χ2v) is 7.80. The van der Waals surface area contributed by atoms with Crippen molar-refractivity contribution in [3.05, 3.63) is 52.4 Å². The molecule has 2 aromatic rings. The van der Waals surface area contributed by atoms with Crippen LogP contribution in [0.2, 0.25) is 0 Å². The van der Waals surface area contributed by atoms with E-state index in [-0.39, 0.29) is 31.0 Å². The Kier molecular flexibility index (Phi) is 6.22. The van der Waals surface area contributed by atoms with Crippen LogP contribution in [0.15, 0.2) is 41.3 Å². The lowest BCUT2D eigenvalue weighted by Gasteiger charge is -2.13. The molecule has 0 radical (unpaired) electrons. The lowest BCUT2D eigenvalue weighted by molar-refractivity contribution is -0.122. The number of carbonyl (C=O) groups excluding carboxylic acids is 3. The molecule has 0 atom stereocenters. The predicted molar refractivity (Wildman–Crippen MR) is 117 cm³/mol. The number of rotatable bonds is 7. The number of nitrogens with zero attached hydrogens (tertiary/aromatic N) is 1. The van der Waals surface area contributed by atoms with E-state index in [0.29, 0.717) is 33.5 Å². The first-order valence-corrected chi connectivity index (χ1v) is 10.5. The minimum Gasteiger partial charge on any atom is -0.497 e. The van der Waals surface area contributed by atoms with Crippen LogP contribution in [-0.4, -0.2) is 56.1 Å². The van der Waals surface area contributed by atoms with Gasteiger partial charge in [-0.3, -0.25) is 19.3 Å². The van der Waals surface area contributed by atoms with Crippen LogP contribution in [-0.2, 0) is 4.79 Å². The third-order valence-electron chi connectivity index (χ3n) is 4.80. The summed E-state index contributed by atoms with van der Waals surface area (Å²) in [4.78, 5) is 38.9. The minimum atomic E-state index is -0.407. The van der Waals surface area contributed by atoms with Gasteiger partial charge < -0.3 is 24.3 Å². The summed E-state index contributed by atoms with van der Waals surface area (Å²) in [5.74, 6) is 1.41. The van der Waals surface area contributed by atoms with Crippen LogP contribution in [0.4, 0.5) is 4.79 Å². The SMILES string of the molecule is COc1cc(OC)cc(C(=O)NCCN2C(=O)S/C(=C\c3ccc4c(c3)OCO4)C2=O)c1. The van der Waals surface area contributed by atoms with Crippen molar-refractivity contribution in [2.75, 3.05) is 34.1 Å². The van der Waals surface area contributed by atoms with Gasteiger partial charge in [-0.2, -0.15) is 0 Å². The highest BCUT2D eigenvalue weighted by Gasteiger charge is 2.34. The van der Waals surface area contributed by atoms with Crippen molar-refractivity contribution < 1.29 is 33.3 Å². The highest BCUT2D eigenvalue weighted by Crippen LogP contribution is 2.36. The first kappa shape index (κ1) is 21.6. The second-order valence-electron chi connectivity index (χ2n) is 6.80. The fourth-order valence-corrected chi connectivity index (χ4v) is 4.03. The van der Waals surface area contributed by atoms with E-state index in [4.69, 9.17) is 18.9 Å². The Balaban J connectivity index is 1.37. The second kappa shape index (κ2) is 9.23. The largest absolute Gasteiger partial charge is 0.497 e. The Morgan fingerprint density at radius 2 is 1.81 bits per heavy atom. The molecule has 4 rings (SSSR count). The number of hydrogen-bond donors (Lipinski definition) is 1. The summed E-state index contributed by atoms with van der Waals surface area (Å²) in [6.45, 7) is 0.313. The van der Waals surface area contributed by atoms with Crippen molar-refractivity contribution in [3.63, 3.8) is 0 Å². The van der Waals surface area contributed by atoms with Crippen molar-refractivity contribution in [2.24, 2.45) is 0 Å². The van der Waals surface area contributed by atoms with E-state index in [2.05, 4.69) is 5.32 Å². The number of nitrogens with one attached hydrogen (secondary N) is 1. The van der Waals surface area contributed by atoms with Crippen molar-refractivity contribution >= 4 is 34.9 Å². The topological polar surface area (TPSA) is 103 Å². The maximum absolute atomic E-state index is 12.7. The number of fused-ring (bicyclic) bond motifs is 1. The zero-order valence-electron chi connectivity index (χ0n) is 17.4. The molecule has 1 fully saturated rings. The molecule has 32 heavy (non-hydrogen) atoms. The zero-order valence-corrected chi connectivity index (χ0v) is 18.2. The summed E-state index contributed by atoms with van der Waals surface area (Å²) >= 11 is 0.856. The van der Waals surface area contributed by atoms with Gasteiger partial charge in [0.05, 0.1) is 19.1 Å². The molecule has 10 heteroatoms. The molecule has 3 amide bonds. The van der Waals surface area contributed by atoms with Crippen LogP contribution in [0.1, 0.15) is 15.9 Å². The molecule has 2 aromatic carbocycles. The Morgan fingerprint density at radius 1 is 1.09 bits per heavy atom. The molecule has 0 aliphatic carbocycles. The number of amides is 3. The first-order valence-electron chi connectivity index (χ1n) is 9.65. The Bertz CT molecular complexity index is 1090. The highest BCUT2D eigenvalue weighted by atomic mass is 32.2. The third kappa shape index (κ3) is 4.50. The lowest BCUT2D eigenvalue weighted by Crippen LogP contribution is -2.37. The number of ether oxygens (including phenoxy) is 4. The molecule has 0 spiro atoms. The quantitative estimate of drug-likeness (QED) is 0.635. The van der Waals surface area contributed by atoms with Crippen LogP contribution in [0.3, 0.4) is 0 Å². The summed E-state index contributed by atoms with van der Waals surface area (Å²) in [5, 5.41) is 2.32. The molecule has 2 heterocycles. The van der Waals surface area contributed by atoms with Gasteiger partial charge in [0.1, 0.15) is 11.5 Å². The van der Waals surface area contributed by atoms with Gasteiger partial charge in [0.15, 0.2) is 11.5 Å². The summed E-state index contributed by atoms with van der Waals surface area (Å²) in [5.41, 5.74) is 1.07. The molecule has 2 aliphatic rings. The number of benzene rings is 2. The van der Waals surface area contributed by atoms with E-state index >= 15 is 0 Å². The predicted octanol–water partition coefficient (Wildman–Crippen LogP) is 2.90. The summed E-state index contributed by atoms with van der Waals surface area (Å²) in [6.07, 6.45) is 1.63. The van der Waals surface area contributed by atoms with E-state index in [0.717, 1.165) is 22.2 Å². The van der Waals surface area contributed by atoms with Gasteiger partial charge in [-0.1, -0.05) is 6.07 Å². The number of carbonyl (C=O) groups is 3. The number of thioether (sulfide) groups is 1. The summed E-state index contributed by atoms with van der Waals surface area (Å²) < 4.78 is 20.9. The molecule has 9 nitrogen and oxygen atoms in total. The van der Waals surface area contributed by atoms with E-state index in [9.17, 15) is 14.4 Å².